The number of hydrogen-bond donors (Lipinski definition) is 2. The molecule has 198 valence electrons. The van der Waals surface area contributed by atoms with Crippen LogP contribution in [0.4, 0.5) is 0 Å². The third-order valence-corrected chi connectivity index (χ3v) is 5.73. The summed E-state index contributed by atoms with van der Waals surface area (Å²) in [5, 5.41) is 11.5. The first-order valence-electron chi connectivity index (χ1n) is 13.8. The van der Waals surface area contributed by atoms with E-state index in [2.05, 4.69) is 19.2 Å². The average molecular weight is 474 g/mol. The minimum Gasteiger partial charge on any atom is -0.394 e. The molecule has 0 radical (unpaired) electrons. The molecule has 0 spiro atoms. The number of unbranched alkanes of at least 4 members (excludes halogenated alkanes) is 12. The minimum atomic E-state index is 0.0356. The van der Waals surface area contributed by atoms with Gasteiger partial charge >= 0.3 is 0 Å². The van der Waals surface area contributed by atoms with Gasteiger partial charge in [0.05, 0.1) is 46.2 Å². The van der Waals surface area contributed by atoms with Gasteiger partial charge in [-0.3, -0.25) is 4.79 Å². The molecule has 2 N–H and O–H groups in total. The van der Waals surface area contributed by atoms with E-state index in [9.17, 15) is 4.79 Å². The maximum Gasteiger partial charge on any atom is 0.220 e. The highest BCUT2D eigenvalue weighted by Crippen LogP contribution is 2.14. The van der Waals surface area contributed by atoms with Gasteiger partial charge in [-0.15, -0.1) is 0 Å². The SMILES string of the molecule is CC(C)CCCCCCCCCCCCCCCC(=O)NCCOCCOCCOCCO. The Balaban J connectivity index is 3.14. The lowest BCUT2D eigenvalue weighted by atomic mass is 10.0. The van der Waals surface area contributed by atoms with Crippen LogP contribution in [0.2, 0.25) is 0 Å². The van der Waals surface area contributed by atoms with Crippen LogP contribution in [-0.2, 0) is 19.0 Å². The highest BCUT2D eigenvalue weighted by Gasteiger charge is 2.01. The lowest BCUT2D eigenvalue weighted by Gasteiger charge is -2.08. The number of aliphatic hydroxyl groups excluding tert-OH is 1. The zero-order valence-corrected chi connectivity index (χ0v) is 21.9. The van der Waals surface area contributed by atoms with Crippen molar-refractivity contribution in [1.82, 2.24) is 5.32 Å². The quantitative estimate of drug-likeness (QED) is 0.151. The Morgan fingerprint density at radius 1 is 0.636 bits per heavy atom. The van der Waals surface area contributed by atoms with Gasteiger partial charge in [0.1, 0.15) is 0 Å². The highest BCUT2D eigenvalue weighted by atomic mass is 16.5. The topological polar surface area (TPSA) is 77.0 Å². The minimum absolute atomic E-state index is 0.0356. The van der Waals surface area contributed by atoms with Gasteiger partial charge in [0.15, 0.2) is 0 Å². The highest BCUT2D eigenvalue weighted by molar-refractivity contribution is 5.75. The van der Waals surface area contributed by atoms with Gasteiger partial charge in [-0.05, 0) is 12.3 Å². The number of aliphatic hydroxyl groups is 1. The molecule has 0 rings (SSSR count). The Morgan fingerprint density at radius 2 is 1.06 bits per heavy atom. The molecule has 1 amide bonds. The van der Waals surface area contributed by atoms with E-state index < -0.39 is 0 Å². The Hall–Kier alpha value is -0.690. The molecule has 0 saturated heterocycles. The fraction of sp³-hybridized carbons (Fsp3) is 0.963. The van der Waals surface area contributed by atoms with Crippen molar-refractivity contribution in [2.75, 3.05) is 52.8 Å². The Morgan fingerprint density at radius 3 is 1.55 bits per heavy atom. The molecule has 0 fully saturated rings. The number of amides is 1. The fourth-order valence-electron chi connectivity index (χ4n) is 3.74. The van der Waals surface area contributed by atoms with Crippen molar-refractivity contribution in [2.45, 2.75) is 110 Å². The van der Waals surface area contributed by atoms with Crippen molar-refractivity contribution in [2.24, 2.45) is 5.92 Å². The fourth-order valence-corrected chi connectivity index (χ4v) is 3.74. The second kappa shape index (κ2) is 27.6. The first-order valence-corrected chi connectivity index (χ1v) is 13.8. The molecule has 6 nitrogen and oxygen atoms in total. The Kier molecular flexibility index (Phi) is 27.0. The van der Waals surface area contributed by atoms with Crippen LogP contribution in [0.15, 0.2) is 0 Å². The number of rotatable bonds is 27. The summed E-state index contributed by atoms with van der Waals surface area (Å²) in [6, 6.07) is 0. The Labute approximate surface area is 204 Å². The molecular formula is C27H55NO5. The molecule has 0 aromatic heterocycles. The zero-order chi connectivity index (χ0) is 24.2. The van der Waals surface area contributed by atoms with Crippen molar-refractivity contribution in [1.29, 1.82) is 0 Å². The van der Waals surface area contributed by atoms with E-state index in [4.69, 9.17) is 19.3 Å². The number of ether oxygens (including phenoxy) is 3. The average Bonchev–Trinajstić information content (AvgIpc) is 2.79. The van der Waals surface area contributed by atoms with E-state index in [0.717, 1.165) is 18.8 Å². The maximum atomic E-state index is 11.8. The zero-order valence-electron chi connectivity index (χ0n) is 21.9. The van der Waals surface area contributed by atoms with E-state index in [-0.39, 0.29) is 12.5 Å². The van der Waals surface area contributed by atoms with Crippen molar-refractivity contribution in [3.8, 4) is 0 Å². The monoisotopic (exact) mass is 473 g/mol. The number of nitrogens with one attached hydrogen (secondary N) is 1. The van der Waals surface area contributed by atoms with E-state index in [1.165, 1.54) is 77.0 Å². The number of carbonyl (C=O) groups excluding carboxylic acids is 1. The summed E-state index contributed by atoms with van der Waals surface area (Å²) in [7, 11) is 0. The summed E-state index contributed by atoms with van der Waals surface area (Å²) < 4.78 is 15.8. The van der Waals surface area contributed by atoms with Gasteiger partial charge in [0.2, 0.25) is 5.91 Å². The molecule has 6 heteroatoms. The predicted octanol–water partition coefficient (Wildman–Crippen LogP) is 5.65. The smallest absolute Gasteiger partial charge is 0.220 e. The van der Waals surface area contributed by atoms with E-state index >= 15 is 0 Å². The van der Waals surface area contributed by atoms with Crippen LogP contribution in [-0.4, -0.2) is 63.8 Å². The summed E-state index contributed by atoms with van der Waals surface area (Å²) in [6.45, 7) is 8.07. The Bertz CT molecular complexity index is 393. The second-order valence-corrected chi connectivity index (χ2v) is 9.44. The molecular weight excluding hydrogens is 418 g/mol. The van der Waals surface area contributed by atoms with Crippen LogP contribution in [0, 0.1) is 5.92 Å². The summed E-state index contributed by atoms with van der Waals surface area (Å²) >= 11 is 0. The second-order valence-electron chi connectivity index (χ2n) is 9.44. The molecule has 0 unspecified atom stereocenters. The molecule has 0 saturated carbocycles. The summed E-state index contributed by atoms with van der Waals surface area (Å²) in [5.41, 5.74) is 0. The van der Waals surface area contributed by atoms with Gasteiger partial charge in [-0.1, -0.05) is 97.3 Å². The molecule has 0 aliphatic rings. The molecule has 0 aromatic carbocycles. The standard InChI is InChI=1S/C27H55NO5/c1-26(2)16-14-12-10-8-6-4-3-5-7-9-11-13-15-17-27(30)28-18-20-31-22-24-33-25-23-32-21-19-29/h26,29H,3-25H2,1-2H3,(H,28,30). The van der Waals surface area contributed by atoms with Crippen LogP contribution in [0.25, 0.3) is 0 Å². The first kappa shape index (κ1) is 32.3. The van der Waals surface area contributed by atoms with Gasteiger partial charge in [0.25, 0.3) is 0 Å². The largest absolute Gasteiger partial charge is 0.394 e. The van der Waals surface area contributed by atoms with Crippen LogP contribution >= 0.6 is 0 Å². The van der Waals surface area contributed by atoms with Crippen LogP contribution in [0.3, 0.4) is 0 Å². The number of carbonyl (C=O) groups is 1. The van der Waals surface area contributed by atoms with Crippen LogP contribution in [0.5, 0.6) is 0 Å². The van der Waals surface area contributed by atoms with Crippen molar-refractivity contribution in [3.63, 3.8) is 0 Å². The predicted molar refractivity (Wildman–Crippen MR) is 137 cm³/mol. The first-order chi connectivity index (χ1) is 16.2. The van der Waals surface area contributed by atoms with E-state index in [1.807, 2.05) is 0 Å². The molecule has 0 heterocycles. The van der Waals surface area contributed by atoms with Crippen molar-refractivity contribution in [3.05, 3.63) is 0 Å². The van der Waals surface area contributed by atoms with Crippen molar-refractivity contribution < 1.29 is 24.1 Å². The normalized spacial score (nSPS) is 11.4. The van der Waals surface area contributed by atoms with Gasteiger partial charge in [-0.25, -0.2) is 0 Å². The maximum absolute atomic E-state index is 11.8. The molecule has 0 aliphatic heterocycles. The van der Waals surface area contributed by atoms with Gasteiger partial charge < -0.3 is 24.6 Å². The molecule has 0 bridgehead atoms. The van der Waals surface area contributed by atoms with E-state index in [0.29, 0.717) is 52.6 Å². The summed E-state index contributed by atoms with van der Waals surface area (Å²) in [5.74, 6) is 0.986. The van der Waals surface area contributed by atoms with Gasteiger partial charge in [0, 0.05) is 13.0 Å². The molecule has 0 aromatic rings. The molecule has 0 atom stereocenters. The third-order valence-electron chi connectivity index (χ3n) is 5.73. The molecule has 33 heavy (non-hydrogen) atoms. The lowest BCUT2D eigenvalue weighted by molar-refractivity contribution is -0.121. The lowest BCUT2D eigenvalue weighted by Crippen LogP contribution is -2.27. The molecule has 0 aliphatic carbocycles. The summed E-state index contributed by atoms with van der Waals surface area (Å²) in [4.78, 5) is 11.8. The van der Waals surface area contributed by atoms with Crippen LogP contribution < -0.4 is 5.32 Å². The van der Waals surface area contributed by atoms with Crippen molar-refractivity contribution >= 4 is 5.91 Å². The number of hydrogen-bond acceptors (Lipinski definition) is 5. The van der Waals surface area contributed by atoms with E-state index in [1.54, 1.807) is 0 Å². The van der Waals surface area contributed by atoms with Crippen LogP contribution in [0.1, 0.15) is 110 Å². The third kappa shape index (κ3) is 29.3. The summed E-state index contributed by atoms with van der Waals surface area (Å²) in [6.07, 6.45) is 19.3. The van der Waals surface area contributed by atoms with Gasteiger partial charge in [-0.2, -0.15) is 0 Å².